The van der Waals surface area contributed by atoms with Crippen molar-refractivity contribution in [1.29, 1.82) is 0 Å². The molecule has 1 aromatic rings. The molecule has 5 nitrogen and oxygen atoms in total. The van der Waals surface area contributed by atoms with Gasteiger partial charge in [-0.2, -0.15) is 0 Å². The number of furan rings is 1. The van der Waals surface area contributed by atoms with E-state index in [1.807, 2.05) is 19.1 Å². The van der Waals surface area contributed by atoms with Gasteiger partial charge in [0, 0.05) is 13.1 Å². The average Bonchev–Trinajstić information content (AvgIpc) is 2.92. The molecule has 0 aromatic carbocycles. The number of aliphatic hydroxyl groups excluding tert-OH is 2. The molecule has 1 aliphatic heterocycles. The van der Waals surface area contributed by atoms with Gasteiger partial charge in [0.2, 0.25) is 0 Å². The molecule has 3 atom stereocenters. The number of piperidine rings is 1. The first kappa shape index (κ1) is 15.5. The summed E-state index contributed by atoms with van der Waals surface area (Å²) in [5.41, 5.74) is 0. The lowest BCUT2D eigenvalue weighted by atomic mass is 9.93. The summed E-state index contributed by atoms with van der Waals surface area (Å²) in [6.45, 7) is 4.97. The second-order valence-electron chi connectivity index (χ2n) is 5.65. The van der Waals surface area contributed by atoms with Crippen molar-refractivity contribution in [2.75, 3.05) is 26.2 Å². The highest BCUT2D eigenvalue weighted by Gasteiger charge is 2.24. The molecule has 5 heteroatoms. The van der Waals surface area contributed by atoms with Gasteiger partial charge in [0.05, 0.1) is 25.1 Å². The Labute approximate surface area is 120 Å². The fourth-order valence-electron chi connectivity index (χ4n) is 2.69. The fourth-order valence-corrected chi connectivity index (χ4v) is 2.69. The molecule has 0 aliphatic carbocycles. The lowest BCUT2D eigenvalue weighted by molar-refractivity contribution is -0.00965. The third kappa shape index (κ3) is 4.90. The highest BCUT2D eigenvalue weighted by Crippen LogP contribution is 2.19. The van der Waals surface area contributed by atoms with Crippen LogP contribution in [-0.2, 0) is 11.3 Å². The van der Waals surface area contributed by atoms with Gasteiger partial charge < -0.3 is 24.3 Å². The molecule has 1 aliphatic rings. The van der Waals surface area contributed by atoms with Gasteiger partial charge >= 0.3 is 0 Å². The maximum absolute atomic E-state index is 10.00. The van der Waals surface area contributed by atoms with Crippen molar-refractivity contribution in [3.63, 3.8) is 0 Å². The summed E-state index contributed by atoms with van der Waals surface area (Å²) >= 11 is 0. The highest BCUT2D eigenvalue weighted by atomic mass is 16.5. The molecule has 2 heterocycles. The molecule has 114 valence electrons. The van der Waals surface area contributed by atoms with Crippen LogP contribution in [0, 0.1) is 5.92 Å². The van der Waals surface area contributed by atoms with Gasteiger partial charge in [0.15, 0.2) is 0 Å². The minimum Gasteiger partial charge on any atom is -0.467 e. The van der Waals surface area contributed by atoms with Crippen LogP contribution in [0.2, 0.25) is 0 Å². The molecule has 2 rings (SSSR count). The van der Waals surface area contributed by atoms with Gasteiger partial charge in [-0.25, -0.2) is 0 Å². The van der Waals surface area contributed by atoms with Crippen molar-refractivity contribution in [2.24, 2.45) is 5.92 Å². The maximum Gasteiger partial charge on any atom is 0.129 e. The summed E-state index contributed by atoms with van der Waals surface area (Å²) in [4.78, 5) is 2.21. The minimum atomic E-state index is -0.502. The Morgan fingerprint density at radius 1 is 1.50 bits per heavy atom. The lowest BCUT2D eigenvalue weighted by Gasteiger charge is -2.35. The average molecular weight is 283 g/mol. The largest absolute Gasteiger partial charge is 0.467 e. The summed E-state index contributed by atoms with van der Waals surface area (Å²) in [6, 6.07) is 3.67. The van der Waals surface area contributed by atoms with E-state index in [1.54, 1.807) is 6.26 Å². The van der Waals surface area contributed by atoms with Crippen LogP contribution in [0.5, 0.6) is 0 Å². The molecular formula is C15H25NO4. The highest BCUT2D eigenvalue weighted by molar-refractivity contribution is 4.96. The smallest absolute Gasteiger partial charge is 0.129 e. The molecule has 1 saturated heterocycles. The van der Waals surface area contributed by atoms with Crippen LogP contribution in [0.1, 0.15) is 25.5 Å². The van der Waals surface area contributed by atoms with Gasteiger partial charge in [-0.15, -0.1) is 0 Å². The van der Waals surface area contributed by atoms with E-state index >= 15 is 0 Å². The maximum atomic E-state index is 10.00. The normalized spacial score (nSPS) is 23.6. The van der Waals surface area contributed by atoms with E-state index in [0.29, 0.717) is 25.7 Å². The molecule has 0 radical (unpaired) electrons. The van der Waals surface area contributed by atoms with Crippen LogP contribution in [0.3, 0.4) is 0 Å². The Morgan fingerprint density at radius 2 is 2.35 bits per heavy atom. The number of aliphatic hydroxyl groups is 2. The van der Waals surface area contributed by atoms with Crippen molar-refractivity contribution in [3.8, 4) is 0 Å². The molecule has 0 amide bonds. The third-order valence-corrected chi connectivity index (χ3v) is 3.83. The Hall–Kier alpha value is -0.880. The Bertz CT molecular complexity index is 366. The molecule has 3 unspecified atom stereocenters. The van der Waals surface area contributed by atoms with Crippen LogP contribution >= 0.6 is 0 Å². The topological polar surface area (TPSA) is 66.1 Å². The van der Waals surface area contributed by atoms with E-state index in [1.165, 1.54) is 0 Å². The Balaban J connectivity index is 1.64. The number of likely N-dealkylation sites (tertiary alicyclic amines) is 1. The van der Waals surface area contributed by atoms with E-state index < -0.39 is 6.10 Å². The molecule has 20 heavy (non-hydrogen) atoms. The van der Waals surface area contributed by atoms with E-state index in [0.717, 1.165) is 31.7 Å². The summed E-state index contributed by atoms with van der Waals surface area (Å²) in [6.07, 6.45) is 2.98. The predicted molar refractivity (Wildman–Crippen MR) is 75.2 cm³/mol. The van der Waals surface area contributed by atoms with Crippen LogP contribution in [0.4, 0.5) is 0 Å². The molecule has 0 saturated carbocycles. The zero-order valence-electron chi connectivity index (χ0n) is 12.1. The number of ether oxygens (including phenoxy) is 1. The number of hydrogen-bond acceptors (Lipinski definition) is 5. The van der Waals surface area contributed by atoms with E-state index in [-0.39, 0.29) is 6.10 Å². The zero-order valence-corrected chi connectivity index (χ0v) is 12.1. The Kier molecular flexibility index (Phi) is 6.04. The first-order valence-electron chi connectivity index (χ1n) is 7.33. The quantitative estimate of drug-likeness (QED) is 0.788. The van der Waals surface area contributed by atoms with Crippen LogP contribution < -0.4 is 0 Å². The van der Waals surface area contributed by atoms with Crippen LogP contribution in [-0.4, -0.2) is 53.6 Å². The number of β-amino-alcohol motifs (C(OH)–C–C–N with tert-alkyl or cyclic N) is 1. The van der Waals surface area contributed by atoms with E-state index in [9.17, 15) is 10.2 Å². The van der Waals surface area contributed by atoms with Crippen LogP contribution in [0.25, 0.3) is 0 Å². The first-order chi connectivity index (χ1) is 9.65. The second kappa shape index (κ2) is 7.78. The fraction of sp³-hybridized carbons (Fsp3) is 0.733. The summed E-state index contributed by atoms with van der Waals surface area (Å²) in [5.74, 6) is 1.09. The molecule has 0 spiro atoms. The van der Waals surface area contributed by atoms with Crippen molar-refractivity contribution in [1.82, 2.24) is 4.90 Å². The third-order valence-electron chi connectivity index (χ3n) is 3.83. The molecule has 1 fully saturated rings. The number of rotatable bonds is 7. The van der Waals surface area contributed by atoms with Crippen molar-refractivity contribution >= 4 is 0 Å². The SMILES string of the molecule is CC(O)C1CCCN(CC(O)COCc2ccco2)C1. The predicted octanol–water partition coefficient (Wildman–Crippen LogP) is 1.25. The van der Waals surface area contributed by atoms with E-state index in [2.05, 4.69) is 4.90 Å². The Morgan fingerprint density at radius 3 is 3.05 bits per heavy atom. The second-order valence-corrected chi connectivity index (χ2v) is 5.65. The van der Waals surface area contributed by atoms with Gasteiger partial charge in [0.1, 0.15) is 12.4 Å². The zero-order chi connectivity index (χ0) is 14.4. The van der Waals surface area contributed by atoms with Gasteiger partial charge in [-0.3, -0.25) is 0 Å². The number of hydrogen-bond donors (Lipinski definition) is 2. The molecular weight excluding hydrogens is 258 g/mol. The summed E-state index contributed by atoms with van der Waals surface area (Å²) in [5, 5.41) is 19.6. The lowest BCUT2D eigenvalue weighted by Crippen LogP contribution is -2.43. The van der Waals surface area contributed by atoms with Gasteiger partial charge in [-0.1, -0.05) is 0 Å². The van der Waals surface area contributed by atoms with Crippen molar-refractivity contribution < 1.29 is 19.4 Å². The molecule has 2 N–H and O–H groups in total. The minimum absolute atomic E-state index is 0.273. The van der Waals surface area contributed by atoms with Crippen LogP contribution in [0.15, 0.2) is 22.8 Å². The van der Waals surface area contributed by atoms with E-state index in [4.69, 9.17) is 9.15 Å². The first-order valence-corrected chi connectivity index (χ1v) is 7.33. The number of nitrogens with zero attached hydrogens (tertiary/aromatic N) is 1. The van der Waals surface area contributed by atoms with Crippen molar-refractivity contribution in [2.45, 2.75) is 38.6 Å². The monoisotopic (exact) mass is 283 g/mol. The summed E-state index contributed by atoms with van der Waals surface area (Å²) < 4.78 is 10.6. The van der Waals surface area contributed by atoms with Crippen molar-refractivity contribution in [3.05, 3.63) is 24.2 Å². The molecule has 1 aromatic heterocycles. The molecule has 0 bridgehead atoms. The standard InChI is InChI=1S/C15H25NO4/c1-12(17)13-4-2-6-16(8-13)9-14(18)10-19-11-15-5-3-7-20-15/h3,5,7,12-14,17-18H,2,4,6,8-11H2,1H3. The van der Waals surface area contributed by atoms with Gasteiger partial charge in [0.25, 0.3) is 0 Å². The van der Waals surface area contributed by atoms with Gasteiger partial charge in [-0.05, 0) is 44.4 Å². The summed E-state index contributed by atoms with van der Waals surface area (Å²) in [7, 11) is 0.